The maximum atomic E-state index is 6.04. The minimum absolute atomic E-state index is 0.796. The van der Waals surface area contributed by atoms with Gasteiger partial charge in [0.15, 0.2) is 0 Å². The Hall–Kier alpha value is -2.00. The van der Waals surface area contributed by atoms with Gasteiger partial charge in [-0.25, -0.2) is 0 Å². The molecule has 3 heteroatoms. The molecule has 2 aromatic rings. The first-order chi connectivity index (χ1) is 9.60. The van der Waals surface area contributed by atoms with Crippen molar-refractivity contribution >= 4 is 5.69 Å². The normalized spacial score (nSPS) is 10.4. The highest BCUT2D eigenvalue weighted by Gasteiger charge is 2.06. The summed E-state index contributed by atoms with van der Waals surface area (Å²) in [6.07, 6.45) is 0. The minimum atomic E-state index is 0.796. The molecule has 0 heterocycles. The fourth-order valence-electron chi connectivity index (χ4n) is 2.09. The van der Waals surface area contributed by atoms with Gasteiger partial charge in [0.1, 0.15) is 11.5 Å². The number of rotatable bonds is 5. The van der Waals surface area contributed by atoms with Crippen LogP contribution in [-0.2, 0) is 6.54 Å². The first-order valence-corrected chi connectivity index (χ1v) is 6.79. The van der Waals surface area contributed by atoms with Gasteiger partial charge in [0, 0.05) is 38.0 Å². The molecule has 0 fully saturated rings. The van der Waals surface area contributed by atoms with Crippen molar-refractivity contribution in [2.45, 2.75) is 13.5 Å². The third kappa shape index (κ3) is 3.52. The topological polar surface area (TPSA) is 24.5 Å². The number of benzene rings is 2. The van der Waals surface area contributed by atoms with Gasteiger partial charge in [-0.05, 0) is 32.2 Å². The molecule has 0 atom stereocenters. The number of nitrogens with one attached hydrogen (secondary N) is 1. The van der Waals surface area contributed by atoms with E-state index in [2.05, 4.69) is 35.3 Å². The van der Waals surface area contributed by atoms with Crippen molar-refractivity contribution in [3.63, 3.8) is 0 Å². The predicted molar refractivity (Wildman–Crippen MR) is 84.8 cm³/mol. The van der Waals surface area contributed by atoms with E-state index < -0.39 is 0 Å². The summed E-state index contributed by atoms with van der Waals surface area (Å²) in [7, 11) is 5.99. The lowest BCUT2D eigenvalue weighted by molar-refractivity contribution is 0.474. The highest BCUT2D eigenvalue weighted by Crippen LogP contribution is 2.28. The van der Waals surface area contributed by atoms with Gasteiger partial charge in [-0.1, -0.05) is 23.8 Å². The molecule has 0 amide bonds. The number of hydrogen-bond acceptors (Lipinski definition) is 3. The molecule has 0 aliphatic carbocycles. The molecule has 106 valence electrons. The van der Waals surface area contributed by atoms with E-state index >= 15 is 0 Å². The van der Waals surface area contributed by atoms with E-state index in [0.717, 1.165) is 23.7 Å². The summed E-state index contributed by atoms with van der Waals surface area (Å²) >= 11 is 0. The molecule has 0 spiro atoms. The van der Waals surface area contributed by atoms with Crippen molar-refractivity contribution < 1.29 is 4.74 Å². The first kappa shape index (κ1) is 14.4. The van der Waals surface area contributed by atoms with E-state index in [1.807, 2.05) is 45.4 Å². The van der Waals surface area contributed by atoms with Gasteiger partial charge in [-0.3, -0.25) is 0 Å². The third-order valence-electron chi connectivity index (χ3n) is 3.15. The van der Waals surface area contributed by atoms with E-state index in [1.54, 1.807) is 0 Å². The molecule has 1 N–H and O–H groups in total. The van der Waals surface area contributed by atoms with Gasteiger partial charge < -0.3 is 15.0 Å². The predicted octanol–water partition coefficient (Wildman–Crippen LogP) is 3.57. The van der Waals surface area contributed by atoms with Gasteiger partial charge >= 0.3 is 0 Å². The molecule has 0 aliphatic rings. The molecule has 3 nitrogen and oxygen atoms in total. The van der Waals surface area contributed by atoms with Crippen LogP contribution in [0.3, 0.4) is 0 Å². The zero-order valence-corrected chi connectivity index (χ0v) is 12.6. The molecule has 2 rings (SSSR count). The molecule has 0 radical (unpaired) electrons. The summed E-state index contributed by atoms with van der Waals surface area (Å²) in [5, 5.41) is 3.18. The van der Waals surface area contributed by atoms with Crippen LogP contribution in [0, 0.1) is 6.92 Å². The van der Waals surface area contributed by atoms with Gasteiger partial charge in [0.05, 0.1) is 0 Å². The third-order valence-corrected chi connectivity index (χ3v) is 3.15. The second-order valence-electron chi connectivity index (χ2n) is 5.14. The van der Waals surface area contributed by atoms with Crippen molar-refractivity contribution in [2.24, 2.45) is 0 Å². The summed E-state index contributed by atoms with van der Waals surface area (Å²) in [6.45, 7) is 2.89. The molecule has 0 unspecified atom stereocenters. The zero-order valence-electron chi connectivity index (χ0n) is 12.6. The molecular weight excluding hydrogens is 248 g/mol. The quantitative estimate of drug-likeness (QED) is 0.899. The van der Waals surface area contributed by atoms with E-state index in [0.29, 0.717) is 0 Å². The summed E-state index contributed by atoms with van der Waals surface area (Å²) in [6, 6.07) is 14.4. The van der Waals surface area contributed by atoms with Crippen LogP contribution in [0.5, 0.6) is 11.5 Å². The lowest BCUT2D eigenvalue weighted by Gasteiger charge is -2.15. The summed E-state index contributed by atoms with van der Waals surface area (Å²) < 4.78 is 6.04. The van der Waals surface area contributed by atoms with Crippen LogP contribution >= 0.6 is 0 Å². The number of hydrogen-bond donors (Lipinski definition) is 1. The Labute approximate surface area is 121 Å². The Kier molecular flexibility index (Phi) is 4.64. The fourth-order valence-corrected chi connectivity index (χ4v) is 2.09. The maximum Gasteiger partial charge on any atom is 0.131 e. The SMILES string of the molecule is CNCc1cc(C)ccc1Oc1cccc(N(C)C)c1. The lowest BCUT2D eigenvalue weighted by atomic mass is 10.1. The molecular formula is C17H22N2O. The van der Waals surface area contributed by atoms with E-state index in [-0.39, 0.29) is 0 Å². The second kappa shape index (κ2) is 6.44. The summed E-state index contributed by atoms with van der Waals surface area (Å²) in [4.78, 5) is 2.07. The Balaban J connectivity index is 2.27. The van der Waals surface area contributed by atoms with Crippen molar-refractivity contribution in [1.29, 1.82) is 0 Å². The molecule has 0 aliphatic heterocycles. The molecule has 0 saturated heterocycles. The van der Waals surface area contributed by atoms with Crippen LogP contribution in [0.4, 0.5) is 5.69 Å². The molecule has 20 heavy (non-hydrogen) atoms. The highest BCUT2D eigenvalue weighted by atomic mass is 16.5. The minimum Gasteiger partial charge on any atom is -0.457 e. The Morgan fingerprint density at radius 2 is 1.90 bits per heavy atom. The number of anilines is 1. The largest absolute Gasteiger partial charge is 0.457 e. The molecule has 0 aromatic heterocycles. The lowest BCUT2D eigenvalue weighted by Crippen LogP contribution is -2.08. The van der Waals surface area contributed by atoms with Crippen molar-refractivity contribution in [1.82, 2.24) is 5.32 Å². The standard InChI is InChI=1S/C17H22N2O/c1-13-8-9-17(14(10-13)12-18-2)20-16-7-5-6-15(11-16)19(3)4/h5-11,18H,12H2,1-4H3. The summed E-state index contributed by atoms with van der Waals surface area (Å²) in [5.74, 6) is 1.76. The number of aryl methyl sites for hydroxylation is 1. The van der Waals surface area contributed by atoms with Crippen molar-refractivity contribution in [2.75, 3.05) is 26.0 Å². The van der Waals surface area contributed by atoms with Crippen LogP contribution < -0.4 is 15.0 Å². The molecule has 0 bridgehead atoms. The van der Waals surface area contributed by atoms with Gasteiger partial charge in [0.25, 0.3) is 0 Å². The highest BCUT2D eigenvalue weighted by molar-refractivity contribution is 5.51. The summed E-state index contributed by atoms with van der Waals surface area (Å²) in [5.41, 5.74) is 3.54. The van der Waals surface area contributed by atoms with Gasteiger partial charge in [0.2, 0.25) is 0 Å². The Bertz CT molecular complexity index is 579. The Morgan fingerprint density at radius 1 is 1.10 bits per heavy atom. The molecule has 0 saturated carbocycles. The number of nitrogens with zero attached hydrogens (tertiary/aromatic N) is 1. The Morgan fingerprint density at radius 3 is 2.60 bits per heavy atom. The zero-order chi connectivity index (χ0) is 14.5. The average Bonchev–Trinajstić information content (AvgIpc) is 2.42. The smallest absolute Gasteiger partial charge is 0.131 e. The second-order valence-corrected chi connectivity index (χ2v) is 5.14. The van der Waals surface area contributed by atoms with E-state index in [4.69, 9.17) is 4.74 Å². The monoisotopic (exact) mass is 270 g/mol. The van der Waals surface area contributed by atoms with Crippen LogP contribution in [0.25, 0.3) is 0 Å². The van der Waals surface area contributed by atoms with E-state index in [9.17, 15) is 0 Å². The van der Waals surface area contributed by atoms with Gasteiger partial charge in [-0.2, -0.15) is 0 Å². The van der Waals surface area contributed by atoms with Crippen molar-refractivity contribution in [3.05, 3.63) is 53.6 Å². The van der Waals surface area contributed by atoms with Crippen LogP contribution in [-0.4, -0.2) is 21.1 Å². The van der Waals surface area contributed by atoms with Crippen LogP contribution in [0.15, 0.2) is 42.5 Å². The fraction of sp³-hybridized carbons (Fsp3) is 0.294. The van der Waals surface area contributed by atoms with Gasteiger partial charge in [-0.15, -0.1) is 0 Å². The maximum absolute atomic E-state index is 6.04. The van der Waals surface area contributed by atoms with Crippen molar-refractivity contribution in [3.8, 4) is 11.5 Å². The average molecular weight is 270 g/mol. The van der Waals surface area contributed by atoms with E-state index in [1.165, 1.54) is 11.1 Å². The first-order valence-electron chi connectivity index (χ1n) is 6.79. The van der Waals surface area contributed by atoms with Crippen LogP contribution in [0.2, 0.25) is 0 Å². The molecule has 2 aromatic carbocycles. The number of ether oxygens (including phenoxy) is 1. The van der Waals surface area contributed by atoms with Crippen LogP contribution in [0.1, 0.15) is 11.1 Å².